The molecule has 4 rings (SSSR count). The van der Waals surface area contributed by atoms with Crippen LogP contribution in [0.2, 0.25) is 0 Å². The van der Waals surface area contributed by atoms with Crippen LogP contribution in [0.25, 0.3) is 10.8 Å². The number of sulfone groups is 1. The summed E-state index contributed by atoms with van der Waals surface area (Å²) in [4.78, 5) is 52.7. The second-order valence-corrected chi connectivity index (χ2v) is 14.2. The van der Waals surface area contributed by atoms with Gasteiger partial charge >= 0.3 is 12.1 Å². The molecule has 1 aliphatic heterocycles. The van der Waals surface area contributed by atoms with Crippen LogP contribution in [0.5, 0.6) is 5.75 Å². The van der Waals surface area contributed by atoms with Gasteiger partial charge in [0, 0.05) is 16.3 Å². The molecule has 13 nitrogen and oxygen atoms in total. The van der Waals surface area contributed by atoms with Gasteiger partial charge in [0.05, 0.1) is 48.7 Å². The quantitative estimate of drug-likeness (QED) is 0.305. The minimum atomic E-state index is -5.08. The Bertz CT molecular complexity index is 1970. The molecule has 268 valence electrons. The van der Waals surface area contributed by atoms with Gasteiger partial charge in [-0.05, 0) is 68.1 Å². The highest BCUT2D eigenvalue weighted by Gasteiger charge is 2.43. The van der Waals surface area contributed by atoms with Crippen LogP contribution in [0.3, 0.4) is 0 Å². The van der Waals surface area contributed by atoms with E-state index < -0.39 is 63.6 Å². The van der Waals surface area contributed by atoms with E-state index in [9.17, 15) is 41.2 Å². The third kappa shape index (κ3) is 9.08. The van der Waals surface area contributed by atoms with Crippen LogP contribution in [0.1, 0.15) is 25.0 Å². The van der Waals surface area contributed by atoms with E-state index in [2.05, 4.69) is 26.6 Å². The minimum absolute atomic E-state index is 0.0243. The van der Waals surface area contributed by atoms with Gasteiger partial charge in [0.15, 0.2) is 9.84 Å². The lowest BCUT2D eigenvalue weighted by atomic mass is 10.0. The van der Waals surface area contributed by atoms with E-state index in [0.717, 1.165) is 21.5 Å². The molecule has 0 radical (unpaired) electrons. The largest absolute Gasteiger partial charge is 0.496 e. The van der Waals surface area contributed by atoms with Crippen molar-refractivity contribution >= 4 is 71.6 Å². The second-order valence-electron chi connectivity index (χ2n) is 11.2. The van der Waals surface area contributed by atoms with Crippen molar-refractivity contribution < 1.29 is 50.6 Å². The summed E-state index contributed by atoms with van der Waals surface area (Å²) in [6.07, 6.45) is -4.14. The molecule has 3 aromatic carbocycles. The van der Waals surface area contributed by atoms with Gasteiger partial charge in [-0.25, -0.2) is 13.2 Å². The summed E-state index contributed by atoms with van der Waals surface area (Å²) in [6.45, 7) is 3.16. The number of alkyl halides is 3. The maximum absolute atomic E-state index is 14.5. The SMILES string of the molecule is CNC(C)C(=O)N[C@@H]1C(=O)N(Cc2c(OC)ccc3c(Br)cccc23)c2ccc(C#N)cc2N(C(=O)CS(C)(=O)=O)[C@H]1C.O=C(O)C(F)(F)F. The van der Waals surface area contributed by atoms with E-state index in [1.54, 1.807) is 33.0 Å². The van der Waals surface area contributed by atoms with Gasteiger partial charge in [-0.15, -0.1) is 0 Å². The predicted octanol–water partition coefficient (Wildman–Crippen LogP) is 3.52. The van der Waals surface area contributed by atoms with Crippen LogP contribution in [-0.2, 0) is 35.6 Å². The molecule has 3 atom stereocenters. The Morgan fingerprint density at radius 2 is 1.76 bits per heavy atom. The van der Waals surface area contributed by atoms with Crippen LogP contribution in [0, 0.1) is 11.3 Å². The van der Waals surface area contributed by atoms with Gasteiger partial charge in [-0.2, -0.15) is 18.4 Å². The highest BCUT2D eigenvalue weighted by atomic mass is 79.9. The second kappa shape index (κ2) is 15.9. The molecule has 1 aliphatic rings. The number of benzene rings is 3. The topological polar surface area (TPSA) is 186 Å². The molecule has 0 saturated heterocycles. The Hall–Kier alpha value is -4.73. The molecule has 50 heavy (non-hydrogen) atoms. The average molecular weight is 785 g/mol. The predicted molar refractivity (Wildman–Crippen MR) is 181 cm³/mol. The third-order valence-electron chi connectivity index (χ3n) is 7.71. The summed E-state index contributed by atoms with van der Waals surface area (Å²) >= 11 is 3.58. The van der Waals surface area contributed by atoms with Gasteiger partial charge in [0.1, 0.15) is 17.5 Å². The van der Waals surface area contributed by atoms with E-state index in [1.165, 1.54) is 29.0 Å². The molecule has 1 heterocycles. The first kappa shape index (κ1) is 39.7. The highest BCUT2D eigenvalue weighted by molar-refractivity contribution is 9.10. The van der Waals surface area contributed by atoms with E-state index in [-0.39, 0.29) is 23.5 Å². The molecular formula is C32H33BrF3N5O8S. The number of aliphatic carboxylic acids is 1. The number of amides is 3. The van der Waals surface area contributed by atoms with Gasteiger partial charge in [-0.3, -0.25) is 14.4 Å². The zero-order valence-electron chi connectivity index (χ0n) is 27.3. The van der Waals surface area contributed by atoms with E-state index >= 15 is 0 Å². The number of nitrogens with zero attached hydrogens (tertiary/aromatic N) is 3. The number of carbonyl (C=O) groups excluding carboxylic acids is 3. The molecule has 3 N–H and O–H groups in total. The van der Waals surface area contributed by atoms with Crippen molar-refractivity contribution in [2.45, 2.75) is 44.7 Å². The lowest BCUT2D eigenvalue weighted by Gasteiger charge is -2.32. The molecule has 0 aromatic heterocycles. The standard InChI is InChI=1S/C30H32BrN5O6S.C2HF3O2/c1-17(33-3)29(38)34-28-18(2)36(27(37)16-43(5,40)41)25-13-19(14-32)9-11-24(25)35(30(28)39)15-22-20-7-6-8-23(31)21(20)10-12-26(22)42-4;3-2(4,5)1(6)7/h6-13,17-18,28,33H,15-16H2,1-5H3,(H,34,38);(H,6,7)/t17?,18-,28-;/m0./s1. The number of halogens is 4. The van der Waals surface area contributed by atoms with Crippen molar-refractivity contribution in [2.24, 2.45) is 0 Å². The number of carboxylic acid groups (broad SMARTS) is 1. The molecule has 18 heteroatoms. The first-order valence-corrected chi connectivity index (χ1v) is 17.5. The van der Waals surface area contributed by atoms with Gasteiger partial charge in [-0.1, -0.05) is 28.1 Å². The molecule has 0 aliphatic carbocycles. The van der Waals surface area contributed by atoms with Crippen molar-refractivity contribution in [1.82, 2.24) is 10.6 Å². The molecule has 0 fully saturated rings. The van der Waals surface area contributed by atoms with Crippen molar-refractivity contribution in [3.8, 4) is 11.8 Å². The van der Waals surface area contributed by atoms with Crippen LogP contribution < -0.4 is 25.2 Å². The van der Waals surface area contributed by atoms with Gasteiger partial charge in [0.25, 0.3) is 5.91 Å². The Balaban J connectivity index is 0.000000872. The van der Waals surface area contributed by atoms with Gasteiger partial charge < -0.3 is 30.3 Å². The van der Waals surface area contributed by atoms with Crippen LogP contribution in [0.15, 0.2) is 53.0 Å². The number of hydrogen-bond acceptors (Lipinski definition) is 9. The number of hydrogen-bond donors (Lipinski definition) is 3. The number of likely N-dealkylation sites (N-methyl/N-ethyl adjacent to an activating group) is 1. The molecule has 1 unspecified atom stereocenters. The number of nitrogens with one attached hydrogen (secondary N) is 2. The lowest BCUT2D eigenvalue weighted by Crippen LogP contribution is -2.60. The number of rotatable bonds is 8. The molecule has 3 amide bonds. The minimum Gasteiger partial charge on any atom is -0.496 e. The summed E-state index contributed by atoms with van der Waals surface area (Å²) in [7, 11) is -0.648. The number of fused-ring (bicyclic) bond motifs is 2. The fraction of sp³-hybridized carbons (Fsp3) is 0.344. The molecule has 3 aromatic rings. The van der Waals surface area contributed by atoms with Crippen LogP contribution in [0.4, 0.5) is 24.5 Å². The Labute approximate surface area is 294 Å². The molecule has 0 saturated carbocycles. The van der Waals surface area contributed by atoms with Crippen LogP contribution >= 0.6 is 15.9 Å². The smallest absolute Gasteiger partial charge is 0.490 e. The first-order chi connectivity index (χ1) is 23.2. The number of methoxy groups -OCH3 is 1. The maximum atomic E-state index is 14.5. The zero-order valence-corrected chi connectivity index (χ0v) is 29.7. The zero-order chi connectivity index (χ0) is 37.7. The Kier molecular flexibility index (Phi) is 12.6. The number of nitriles is 1. The number of anilines is 2. The van der Waals surface area contributed by atoms with Crippen molar-refractivity contribution in [3.05, 3.63) is 64.1 Å². The normalized spacial score (nSPS) is 16.7. The van der Waals surface area contributed by atoms with E-state index in [0.29, 0.717) is 11.3 Å². The average Bonchev–Trinajstić information content (AvgIpc) is 3.11. The third-order valence-corrected chi connectivity index (χ3v) is 9.17. The summed E-state index contributed by atoms with van der Waals surface area (Å²) < 4.78 is 62.7. The fourth-order valence-electron chi connectivity index (χ4n) is 5.16. The summed E-state index contributed by atoms with van der Waals surface area (Å²) in [5, 5.41) is 24.1. The van der Waals surface area contributed by atoms with E-state index in [1.807, 2.05) is 30.3 Å². The van der Waals surface area contributed by atoms with Gasteiger partial charge in [0.2, 0.25) is 11.8 Å². The monoisotopic (exact) mass is 783 g/mol. The van der Waals surface area contributed by atoms with E-state index in [4.69, 9.17) is 14.6 Å². The summed E-state index contributed by atoms with van der Waals surface area (Å²) in [5.74, 6) is -4.89. The molecular weight excluding hydrogens is 751 g/mol. The fourth-order valence-corrected chi connectivity index (χ4v) is 6.25. The molecule has 0 spiro atoms. The molecule has 0 bridgehead atoms. The van der Waals surface area contributed by atoms with Crippen LogP contribution in [-0.4, -0.2) is 87.7 Å². The highest BCUT2D eigenvalue weighted by Crippen LogP contribution is 2.40. The Morgan fingerprint density at radius 3 is 2.30 bits per heavy atom. The summed E-state index contributed by atoms with van der Waals surface area (Å²) in [6, 6.07) is 13.0. The number of ether oxygens (including phenoxy) is 1. The maximum Gasteiger partial charge on any atom is 0.490 e. The summed E-state index contributed by atoms with van der Waals surface area (Å²) in [5.41, 5.74) is 1.31. The number of carboxylic acids is 1. The van der Waals surface area contributed by atoms with Crippen molar-refractivity contribution in [2.75, 3.05) is 36.0 Å². The van der Waals surface area contributed by atoms with Crippen molar-refractivity contribution in [1.29, 1.82) is 5.26 Å². The van der Waals surface area contributed by atoms with Crippen molar-refractivity contribution in [3.63, 3.8) is 0 Å². The Morgan fingerprint density at radius 1 is 1.12 bits per heavy atom. The first-order valence-electron chi connectivity index (χ1n) is 14.6. The lowest BCUT2D eigenvalue weighted by molar-refractivity contribution is -0.192. The number of carbonyl (C=O) groups is 4.